The summed E-state index contributed by atoms with van der Waals surface area (Å²) in [4.78, 5) is 24.5. The maximum Gasteiger partial charge on any atom is 0.416 e. The molecule has 3 aromatic rings. The standard InChI is InChI=1S/C24H21F3N4O2/c1-4-17-7-5-9-19(11-17)29-23(33)14-28-22(32)13-21-15(2)30-31(16(21)3)20-10-6-8-18(12-20)24(25,26)27/h1,5-12H,13-14H2,2-3H3,(H,28,32)(H,29,33). The summed E-state index contributed by atoms with van der Waals surface area (Å²) >= 11 is 0. The van der Waals surface area contributed by atoms with Crippen LogP contribution in [0.2, 0.25) is 0 Å². The van der Waals surface area contributed by atoms with Crippen LogP contribution in [0.3, 0.4) is 0 Å². The van der Waals surface area contributed by atoms with Gasteiger partial charge < -0.3 is 10.6 Å². The Bertz CT molecular complexity index is 1240. The van der Waals surface area contributed by atoms with E-state index in [1.807, 2.05) is 0 Å². The van der Waals surface area contributed by atoms with E-state index in [1.165, 1.54) is 16.8 Å². The van der Waals surface area contributed by atoms with Gasteiger partial charge in [-0.2, -0.15) is 18.3 Å². The van der Waals surface area contributed by atoms with E-state index in [1.54, 1.807) is 38.1 Å². The molecule has 0 aliphatic carbocycles. The molecule has 170 valence electrons. The van der Waals surface area contributed by atoms with Gasteiger partial charge in [-0.25, -0.2) is 4.68 Å². The lowest BCUT2D eigenvalue weighted by atomic mass is 10.1. The number of carbonyl (C=O) groups excluding carboxylic acids is 2. The second kappa shape index (κ2) is 9.61. The number of aryl methyl sites for hydroxylation is 1. The summed E-state index contributed by atoms with van der Waals surface area (Å²) in [5, 5.41) is 9.48. The molecule has 0 bridgehead atoms. The van der Waals surface area contributed by atoms with Crippen molar-refractivity contribution in [3.63, 3.8) is 0 Å². The predicted molar refractivity (Wildman–Crippen MR) is 118 cm³/mol. The Morgan fingerprint density at radius 1 is 1.09 bits per heavy atom. The van der Waals surface area contributed by atoms with E-state index in [0.29, 0.717) is 28.2 Å². The number of terminal acetylenes is 1. The largest absolute Gasteiger partial charge is 0.416 e. The summed E-state index contributed by atoms with van der Waals surface area (Å²) in [5.74, 6) is 1.62. The second-order valence-electron chi connectivity index (χ2n) is 7.34. The van der Waals surface area contributed by atoms with Gasteiger partial charge in [-0.15, -0.1) is 6.42 Å². The molecule has 3 rings (SSSR count). The normalized spacial score (nSPS) is 11.0. The zero-order valence-electron chi connectivity index (χ0n) is 18.0. The molecule has 0 aliphatic rings. The van der Waals surface area contributed by atoms with Crippen molar-refractivity contribution >= 4 is 17.5 Å². The summed E-state index contributed by atoms with van der Waals surface area (Å²) in [5.41, 5.74) is 2.20. The van der Waals surface area contributed by atoms with E-state index >= 15 is 0 Å². The van der Waals surface area contributed by atoms with Gasteiger partial charge in [0.15, 0.2) is 0 Å². The first-order valence-corrected chi connectivity index (χ1v) is 9.94. The molecule has 2 aromatic carbocycles. The lowest BCUT2D eigenvalue weighted by Gasteiger charge is -2.10. The third kappa shape index (κ3) is 5.80. The van der Waals surface area contributed by atoms with Gasteiger partial charge in [0, 0.05) is 22.5 Å². The summed E-state index contributed by atoms with van der Waals surface area (Å²) < 4.78 is 40.5. The molecule has 1 aromatic heterocycles. The smallest absolute Gasteiger partial charge is 0.347 e. The van der Waals surface area contributed by atoms with Crippen molar-refractivity contribution in [2.75, 3.05) is 11.9 Å². The van der Waals surface area contributed by atoms with Crippen molar-refractivity contribution in [2.45, 2.75) is 26.4 Å². The van der Waals surface area contributed by atoms with E-state index in [4.69, 9.17) is 6.42 Å². The lowest BCUT2D eigenvalue weighted by Crippen LogP contribution is -2.34. The predicted octanol–water partition coefficient (Wildman–Crippen LogP) is 3.79. The van der Waals surface area contributed by atoms with Crippen LogP contribution < -0.4 is 10.6 Å². The molecule has 0 radical (unpaired) electrons. The average Bonchev–Trinajstić information content (AvgIpc) is 3.05. The Morgan fingerprint density at radius 2 is 1.82 bits per heavy atom. The van der Waals surface area contributed by atoms with Crippen LogP contribution in [0.25, 0.3) is 5.69 Å². The maximum absolute atomic E-state index is 13.0. The number of hydrogen-bond acceptors (Lipinski definition) is 3. The Hall–Kier alpha value is -4.06. The zero-order chi connectivity index (χ0) is 24.2. The SMILES string of the molecule is C#Cc1cccc(NC(=O)CNC(=O)Cc2c(C)nn(-c3cccc(C(F)(F)F)c3)c2C)c1. The van der Waals surface area contributed by atoms with Crippen LogP contribution in [0.15, 0.2) is 48.5 Å². The molecule has 33 heavy (non-hydrogen) atoms. The third-order valence-electron chi connectivity index (χ3n) is 4.96. The van der Waals surface area contributed by atoms with Crippen molar-refractivity contribution < 1.29 is 22.8 Å². The number of alkyl halides is 3. The third-order valence-corrected chi connectivity index (χ3v) is 4.96. The molecule has 2 amide bonds. The molecular formula is C24H21F3N4O2. The Labute approximate surface area is 188 Å². The molecule has 0 spiro atoms. The van der Waals surface area contributed by atoms with Crippen LogP contribution in [0, 0.1) is 26.2 Å². The maximum atomic E-state index is 13.0. The minimum absolute atomic E-state index is 0.0729. The van der Waals surface area contributed by atoms with E-state index < -0.39 is 23.6 Å². The first kappa shape index (κ1) is 23.6. The minimum atomic E-state index is -4.47. The fraction of sp³-hybridized carbons (Fsp3) is 0.208. The summed E-state index contributed by atoms with van der Waals surface area (Å²) in [6, 6.07) is 11.5. The Balaban J connectivity index is 1.65. The highest BCUT2D eigenvalue weighted by atomic mass is 19.4. The number of hydrogen-bond donors (Lipinski definition) is 2. The lowest BCUT2D eigenvalue weighted by molar-refractivity contribution is -0.137. The zero-order valence-corrected chi connectivity index (χ0v) is 18.0. The van der Waals surface area contributed by atoms with Crippen LogP contribution in [0.4, 0.5) is 18.9 Å². The second-order valence-corrected chi connectivity index (χ2v) is 7.34. The number of amides is 2. The first-order valence-electron chi connectivity index (χ1n) is 9.94. The van der Waals surface area contributed by atoms with Crippen LogP contribution in [-0.2, 0) is 22.2 Å². The number of rotatable bonds is 6. The van der Waals surface area contributed by atoms with Gasteiger partial charge in [-0.3, -0.25) is 9.59 Å². The summed E-state index contributed by atoms with van der Waals surface area (Å²) in [6.07, 6.45) is 0.787. The quantitative estimate of drug-likeness (QED) is 0.557. The molecule has 6 nitrogen and oxygen atoms in total. The molecule has 0 aliphatic heterocycles. The molecule has 0 atom stereocenters. The topological polar surface area (TPSA) is 76.0 Å². The highest BCUT2D eigenvalue weighted by molar-refractivity contribution is 5.94. The molecule has 2 N–H and O–H groups in total. The first-order chi connectivity index (χ1) is 15.6. The van der Waals surface area contributed by atoms with E-state index in [2.05, 4.69) is 21.7 Å². The van der Waals surface area contributed by atoms with Crippen molar-refractivity contribution in [1.29, 1.82) is 0 Å². The van der Waals surface area contributed by atoms with Gasteiger partial charge in [0.1, 0.15) is 0 Å². The highest BCUT2D eigenvalue weighted by Gasteiger charge is 2.30. The van der Waals surface area contributed by atoms with E-state index in [0.717, 1.165) is 12.1 Å². The number of nitrogens with one attached hydrogen (secondary N) is 2. The van der Waals surface area contributed by atoms with Crippen molar-refractivity contribution in [1.82, 2.24) is 15.1 Å². The van der Waals surface area contributed by atoms with Gasteiger partial charge in [-0.1, -0.05) is 18.1 Å². The van der Waals surface area contributed by atoms with Crippen molar-refractivity contribution in [3.8, 4) is 18.0 Å². The van der Waals surface area contributed by atoms with Crippen molar-refractivity contribution in [2.24, 2.45) is 0 Å². The number of halogens is 3. The fourth-order valence-electron chi connectivity index (χ4n) is 3.29. The van der Waals surface area contributed by atoms with Gasteiger partial charge in [0.25, 0.3) is 0 Å². The minimum Gasteiger partial charge on any atom is -0.347 e. The van der Waals surface area contributed by atoms with Crippen LogP contribution in [0.1, 0.15) is 28.1 Å². The number of anilines is 1. The van der Waals surface area contributed by atoms with Crippen LogP contribution in [-0.4, -0.2) is 28.1 Å². The average molecular weight is 454 g/mol. The molecule has 0 saturated heterocycles. The number of carbonyl (C=O) groups is 2. The highest BCUT2D eigenvalue weighted by Crippen LogP contribution is 2.30. The molecule has 0 saturated carbocycles. The van der Waals surface area contributed by atoms with E-state index in [9.17, 15) is 22.8 Å². The molecular weight excluding hydrogens is 433 g/mol. The van der Waals surface area contributed by atoms with Gasteiger partial charge in [0.05, 0.1) is 29.9 Å². The summed E-state index contributed by atoms with van der Waals surface area (Å²) in [6.45, 7) is 3.10. The number of nitrogens with zero attached hydrogens (tertiary/aromatic N) is 2. The summed E-state index contributed by atoms with van der Waals surface area (Å²) in [7, 11) is 0. The number of benzene rings is 2. The fourth-order valence-corrected chi connectivity index (χ4v) is 3.29. The van der Waals surface area contributed by atoms with Crippen LogP contribution in [0.5, 0.6) is 0 Å². The van der Waals surface area contributed by atoms with Crippen LogP contribution >= 0.6 is 0 Å². The van der Waals surface area contributed by atoms with Gasteiger partial charge >= 0.3 is 6.18 Å². The molecule has 0 unspecified atom stereocenters. The molecule has 9 heteroatoms. The molecule has 0 fully saturated rings. The van der Waals surface area contributed by atoms with E-state index in [-0.39, 0.29) is 18.7 Å². The Kier molecular flexibility index (Phi) is 6.87. The van der Waals surface area contributed by atoms with Gasteiger partial charge in [0.2, 0.25) is 11.8 Å². The monoisotopic (exact) mass is 454 g/mol. The molecule has 1 heterocycles. The Morgan fingerprint density at radius 3 is 2.52 bits per heavy atom. The van der Waals surface area contributed by atoms with Crippen molar-refractivity contribution in [3.05, 3.63) is 76.6 Å². The van der Waals surface area contributed by atoms with Gasteiger partial charge in [-0.05, 0) is 50.2 Å². The number of aromatic nitrogens is 2.